The van der Waals surface area contributed by atoms with E-state index < -0.39 is 0 Å². The summed E-state index contributed by atoms with van der Waals surface area (Å²) in [5.41, 5.74) is 0.916. The number of halogens is 1. The van der Waals surface area contributed by atoms with Crippen LogP contribution in [0, 0.1) is 0 Å². The van der Waals surface area contributed by atoms with Crippen LogP contribution in [0.3, 0.4) is 0 Å². The maximum atomic E-state index is 8.03. The summed E-state index contributed by atoms with van der Waals surface area (Å²) in [5, 5.41) is 11.7. The minimum atomic E-state index is 0.256. The molecule has 0 aliphatic heterocycles. The van der Waals surface area contributed by atoms with E-state index in [0.29, 0.717) is 11.6 Å². The fourth-order valence-electron chi connectivity index (χ4n) is 0.839. The van der Waals surface area contributed by atoms with Crippen molar-refractivity contribution < 1.29 is 10.1 Å². The first kappa shape index (κ1) is 9.32. The van der Waals surface area contributed by atoms with Gasteiger partial charge in [0.05, 0.1) is 6.61 Å². The Labute approximate surface area is 75.9 Å². The summed E-state index contributed by atoms with van der Waals surface area (Å²) < 4.78 is 0. The van der Waals surface area contributed by atoms with Crippen LogP contribution in [-0.2, 0) is 4.89 Å². The number of benzene rings is 1. The van der Waals surface area contributed by atoms with E-state index >= 15 is 0 Å². The number of nitrogens with one attached hydrogen (secondary N) is 1. The zero-order valence-corrected chi connectivity index (χ0v) is 7.21. The van der Waals surface area contributed by atoms with Crippen LogP contribution in [0.15, 0.2) is 24.3 Å². The predicted octanol–water partition coefficient (Wildman–Crippen LogP) is 2.24. The largest absolute Gasteiger partial charge is 0.383 e. The second-order valence-electron chi connectivity index (χ2n) is 2.27. The lowest BCUT2D eigenvalue weighted by Gasteiger charge is -2.04. The van der Waals surface area contributed by atoms with Crippen molar-refractivity contribution in [1.82, 2.24) is 0 Å². The molecular weight excluding hydrogens is 178 g/mol. The fraction of sp³-hybridized carbons (Fsp3) is 0.250. The Hall–Kier alpha value is -0.770. The maximum absolute atomic E-state index is 8.03. The van der Waals surface area contributed by atoms with Crippen LogP contribution in [0.5, 0.6) is 0 Å². The standard InChI is InChI=1S/C8H10ClNO2/c9-7-2-1-3-8(6-7)10-4-5-12-11/h1-3,6,10-11H,4-5H2. The zero-order valence-electron chi connectivity index (χ0n) is 6.46. The Kier molecular flexibility index (Phi) is 3.87. The topological polar surface area (TPSA) is 41.5 Å². The van der Waals surface area contributed by atoms with E-state index in [2.05, 4.69) is 10.2 Å². The average molecular weight is 188 g/mol. The molecule has 1 aromatic carbocycles. The van der Waals surface area contributed by atoms with Gasteiger partial charge in [-0.25, -0.2) is 4.89 Å². The molecule has 3 nitrogen and oxygen atoms in total. The quantitative estimate of drug-likeness (QED) is 0.432. The molecule has 0 aliphatic carbocycles. The van der Waals surface area contributed by atoms with E-state index in [9.17, 15) is 0 Å². The molecule has 0 atom stereocenters. The summed E-state index contributed by atoms with van der Waals surface area (Å²) >= 11 is 5.74. The lowest BCUT2D eigenvalue weighted by molar-refractivity contribution is -0.238. The summed E-state index contributed by atoms with van der Waals surface area (Å²) in [6.07, 6.45) is 0. The highest BCUT2D eigenvalue weighted by atomic mass is 35.5. The molecule has 66 valence electrons. The molecule has 0 aromatic heterocycles. The number of hydrogen-bond acceptors (Lipinski definition) is 3. The Morgan fingerprint density at radius 1 is 1.50 bits per heavy atom. The van der Waals surface area contributed by atoms with Gasteiger partial charge in [-0.05, 0) is 18.2 Å². The van der Waals surface area contributed by atoms with Crippen molar-refractivity contribution in [3.63, 3.8) is 0 Å². The minimum Gasteiger partial charge on any atom is -0.383 e. The van der Waals surface area contributed by atoms with Crippen LogP contribution in [0.4, 0.5) is 5.69 Å². The van der Waals surface area contributed by atoms with Crippen molar-refractivity contribution in [3.05, 3.63) is 29.3 Å². The first-order chi connectivity index (χ1) is 5.83. The highest BCUT2D eigenvalue weighted by Gasteiger charge is 1.91. The van der Waals surface area contributed by atoms with Crippen LogP contribution in [0.2, 0.25) is 5.02 Å². The van der Waals surface area contributed by atoms with E-state index in [1.54, 1.807) is 12.1 Å². The van der Waals surface area contributed by atoms with Crippen LogP contribution in [0.25, 0.3) is 0 Å². The van der Waals surface area contributed by atoms with Gasteiger partial charge >= 0.3 is 0 Å². The molecule has 0 heterocycles. The van der Waals surface area contributed by atoms with Crippen molar-refractivity contribution in [2.24, 2.45) is 0 Å². The third kappa shape index (κ3) is 3.09. The minimum absolute atomic E-state index is 0.256. The molecule has 0 bridgehead atoms. The third-order valence-electron chi connectivity index (χ3n) is 1.35. The van der Waals surface area contributed by atoms with E-state index in [4.69, 9.17) is 16.9 Å². The molecule has 0 amide bonds. The van der Waals surface area contributed by atoms with Gasteiger partial charge in [-0.2, -0.15) is 0 Å². The summed E-state index contributed by atoms with van der Waals surface area (Å²) in [6, 6.07) is 7.35. The van der Waals surface area contributed by atoms with E-state index in [-0.39, 0.29) is 6.61 Å². The molecule has 12 heavy (non-hydrogen) atoms. The SMILES string of the molecule is OOCCNc1cccc(Cl)c1. The Bertz CT molecular complexity index is 242. The summed E-state index contributed by atoms with van der Waals surface area (Å²) in [7, 11) is 0. The molecule has 0 saturated heterocycles. The number of rotatable bonds is 4. The van der Waals surface area contributed by atoms with E-state index in [1.807, 2.05) is 12.1 Å². The molecule has 0 saturated carbocycles. The van der Waals surface area contributed by atoms with Crippen LogP contribution < -0.4 is 5.32 Å². The monoisotopic (exact) mass is 187 g/mol. The molecule has 0 aliphatic rings. The highest BCUT2D eigenvalue weighted by molar-refractivity contribution is 6.30. The lowest BCUT2D eigenvalue weighted by atomic mass is 10.3. The molecule has 1 aromatic rings. The smallest absolute Gasteiger partial charge is 0.0992 e. The van der Waals surface area contributed by atoms with Crippen LogP contribution >= 0.6 is 11.6 Å². The first-order valence-electron chi connectivity index (χ1n) is 3.59. The van der Waals surface area contributed by atoms with Gasteiger partial charge in [-0.15, -0.1) is 0 Å². The highest BCUT2D eigenvalue weighted by Crippen LogP contribution is 2.14. The number of hydrogen-bond donors (Lipinski definition) is 2. The first-order valence-corrected chi connectivity index (χ1v) is 3.96. The Morgan fingerprint density at radius 2 is 2.33 bits per heavy atom. The van der Waals surface area contributed by atoms with Gasteiger partial charge < -0.3 is 5.32 Å². The van der Waals surface area contributed by atoms with Crippen molar-refractivity contribution in [1.29, 1.82) is 0 Å². The summed E-state index contributed by atoms with van der Waals surface area (Å²) in [4.78, 5) is 3.90. The molecule has 2 N–H and O–H groups in total. The van der Waals surface area contributed by atoms with Gasteiger partial charge in [0.2, 0.25) is 0 Å². The second-order valence-corrected chi connectivity index (χ2v) is 2.71. The van der Waals surface area contributed by atoms with Crippen LogP contribution in [-0.4, -0.2) is 18.4 Å². The Balaban J connectivity index is 2.41. The fourth-order valence-corrected chi connectivity index (χ4v) is 1.03. The van der Waals surface area contributed by atoms with Gasteiger partial charge in [-0.1, -0.05) is 17.7 Å². The van der Waals surface area contributed by atoms with Gasteiger partial charge in [0, 0.05) is 17.3 Å². The predicted molar refractivity (Wildman–Crippen MR) is 48.5 cm³/mol. The van der Waals surface area contributed by atoms with Gasteiger partial charge in [-0.3, -0.25) is 5.26 Å². The maximum Gasteiger partial charge on any atom is 0.0992 e. The van der Waals surface area contributed by atoms with Gasteiger partial charge in [0.25, 0.3) is 0 Å². The molecule has 0 fully saturated rings. The molecular formula is C8H10ClNO2. The average Bonchev–Trinajstić information content (AvgIpc) is 2.05. The molecule has 4 heteroatoms. The molecule has 0 unspecified atom stereocenters. The van der Waals surface area contributed by atoms with Crippen molar-refractivity contribution in [2.45, 2.75) is 0 Å². The molecule has 0 spiro atoms. The zero-order chi connectivity index (χ0) is 8.81. The normalized spacial score (nSPS) is 9.83. The van der Waals surface area contributed by atoms with Gasteiger partial charge in [0.1, 0.15) is 0 Å². The van der Waals surface area contributed by atoms with Crippen molar-refractivity contribution >= 4 is 17.3 Å². The Morgan fingerprint density at radius 3 is 3.00 bits per heavy atom. The second kappa shape index (κ2) is 4.98. The lowest BCUT2D eigenvalue weighted by Crippen LogP contribution is -2.07. The van der Waals surface area contributed by atoms with Crippen LogP contribution in [0.1, 0.15) is 0 Å². The summed E-state index contributed by atoms with van der Waals surface area (Å²) in [6.45, 7) is 0.809. The third-order valence-corrected chi connectivity index (χ3v) is 1.58. The molecule has 0 radical (unpaired) electrons. The molecule has 1 rings (SSSR count). The number of anilines is 1. The van der Waals surface area contributed by atoms with Gasteiger partial charge in [0.15, 0.2) is 0 Å². The van der Waals surface area contributed by atoms with Crippen molar-refractivity contribution in [3.8, 4) is 0 Å². The summed E-state index contributed by atoms with van der Waals surface area (Å²) in [5.74, 6) is 0. The van der Waals surface area contributed by atoms with E-state index in [1.165, 1.54) is 0 Å². The van der Waals surface area contributed by atoms with E-state index in [0.717, 1.165) is 5.69 Å². The van der Waals surface area contributed by atoms with Crippen molar-refractivity contribution in [2.75, 3.05) is 18.5 Å².